The van der Waals surface area contributed by atoms with E-state index >= 15 is 0 Å². The van der Waals surface area contributed by atoms with Gasteiger partial charge in [0.05, 0.1) is 23.7 Å². The number of carbonyl (C=O) groups is 1. The van der Waals surface area contributed by atoms with E-state index in [0.29, 0.717) is 12.2 Å². The van der Waals surface area contributed by atoms with Gasteiger partial charge in [-0.05, 0) is 44.4 Å². The van der Waals surface area contributed by atoms with E-state index < -0.39 is 10.0 Å². The van der Waals surface area contributed by atoms with Gasteiger partial charge in [-0.1, -0.05) is 6.07 Å². The number of amides is 1. The summed E-state index contributed by atoms with van der Waals surface area (Å²) in [5, 5.41) is 10.8. The highest BCUT2D eigenvalue weighted by atomic mass is 32.2. The predicted octanol–water partition coefficient (Wildman–Crippen LogP) is 0.758. The number of nitrogens with zero attached hydrogens (tertiary/aromatic N) is 1. The van der Waals surface area contributed by atoms with Crippen molar-refractivity contribution in [3.8, 4) is 0 Å². The summed E-state index contributed by atoms with van der Waals surface area (Å²) in [5.74, 6) is 0.516. The second-order valence-corrected chi connectivity index (χ2v) is 7.31. The van der Waals surface area contributed by atoms with Gasteiger partial charge in [-0.3, -0.25) is 9.69 Å². The fourth-order valence-electron chi connectivity index (χ4n) is 2.30. The number of primary sulfonamides is 1. The van der Waals surface area contributed by atoms with Crippen LogP contribution in [0.2, 0.25) is 0 Å². The van der Waals surface area contributed by atoms with E-state index in [1.807, 2.05) is 31.1 Å². The third-order valence-electron chi connectivity index (χ3n) is 3.56. The number of likely N-dealkylation sites (N-methyl/N-ethyl adjacent to an activating group) is 1. The Morgan fingerprint density at radius 2 is 2.04 bits per heavy atom. The SMILES string of the molecule is CN(C)[C@@H](CNCC(=O)Nc1cccc(S(N)(=O)=O)c1)c1ccco1. The third kappa shape index (κ3) is 5.68. The number of furan rings is 1. The molecule has 25 heavy (non-hydrogen) atoms. The van der Waals surface area contributed by atoms with E-state index in [4.69, 9.17) is 9.56 Å². The maximum absolute atomic E-state index is 12.0. The first-order valence-corrected chi connectivity index (χ1v) is 9.15. The van der Waals surface area contributed by atoms with Crippen LogP contribution < -0.4 is 15.8 Å². The Labute approximate surface area is 147 Å². The smallest absolute Gasteiger partial charge is 0.238 e. The van der Waals surface area contributed by atoms with Crippen molar-refractivity contribution < 1.29 is 17.6 Å². The molecule has 0 unspecified atom stereocenters. The van der Waals surface area contributed by atoms with Gasteiger partial charge >= 0.3 is 0 Å². The molecule has 1 aromatic heterocycles. The lowest BCUT2D eigenvalue weighted by Gasteiger charge is -2.22. The molecule has 2 rings (SSSR count). The average Bonchev–Trinajstić information content (AvgIpc) is 3.04. The molecule has 1 aromatic carbocycles. The van der Waals surface area contributed by atoms with Gasteiger partial charge in [0, 0.05) is 12.2 Å². The minimum atomic E-state index is -3.81. The predicted molar refractivity (Wildman–Crippen MR) is 94.5 cm³/mol. The normalized spacial score (nSPS) is 13.0. The lowest BCUT2D eigenvalue weighted by molar-refractivity contribution is -0.115. The number of anilines is 1. The van der Waals surface area contributed by atoms with Gasteiger partial charge in [-0.25, -0.2) is 13.6 Å². The molecule has 1 heterocycles. The summed E-state index contributed by atoms with van der Waals surface area (Å²) in [5.41, 5.74) is 0.369. The molecular weight excluding hydrogens is 344 g/mol. The Balaban J connectivity index is 1.89. The minimum absolute atomic E-state index is 0.00601. The molecule has 0 saturated carbocycles. The van der Waals surface area contributed by atoms with Crippen molar-refractivity contribution in [2.24, 2.45) is 5.14 Å². The monoisotopic (exact) mass is 366 g/mol. The lowest BCUT2D eigenvalue weighted by atomic mass is 10.2. The van der Waals surface area contributed by atoms with Crippen LogP contribution in [0.5, 0.6) is 0 Å². The minimum Gasteiger partial charge on any atom is -0.468 e. The molecule has 4 N–H and O–H groups in total. The fourth-order valence-corrected chi connectivity index (χ4v) is 2.86. The summed E-state index contributed by atoms with van der Waals surface area (Å²) in [6.45, 7) is 0.593. The van der Waals surface area contributed by atoms with Crippen LogP contribution in [-0.4, -0.2) is 46.4 Å². The first-order valence-electron chi connectivity index (χ1n) is 7.60. The van der Waals surface area contributed by atoms with Crippen LogP contribution in [0.4, 0.5) is 5.69 Å². The van der Waals surface area contributed by atoms with Crippen LogP contribution in [0.3, 0.4) is 0 Å². The van der Waals surface area contributed by atoms with Crippen LogP contribution >= 0.6 is 0 Å². The Morgan fingerprint density at radius 1 is 1.28 bits per heavy atom. The van der Waals surface area contributed by atoms with Crippen LogP contribution in [0.1, 0.15) is 11.8 Å². The van der Waals surface area contributed by atoms with Crippen molar-refractivity contribution in [1.82, 2.24) is 10.2 Å². The van der Waals surface area contributed by atoms with Gasteiger partial charge in [0.25, 0.3) is 0 Å². The molecule has 9 heteroatoms. The molecule has 8 nitrogen and oxygen atoms in total. The molecule has 0 saturated heterocycles. The zero-order valence-corrected chi connectivity index (χ0v) is 14.9. The second-order valence-electron chi connectivity index (χ2n) is 5.75. The number of nitrogens with two attached hydrogens (primary N) is 1. The van der Waals surface area contributed by atoms with E-state index in [-0.39, 0.29) is 23.4 Å². The van der Waals surface area contributed by atoms with Gasteiger partial charge in [0.15, 0.2) is 0 Å². The molecule has 136 valence electrons. The second kappa shape index (κ2) is 8.26. The molecule has 0 bridgehead atoms. The fraction of sp³-hybridized carbons (Fsp3) is 0.312. The van der Waals surface area contributed by atoms with Crippen molar-refractivity contribution >= 4 is 21.6 Å². The summed E-state index contributed by atoms with van der Waals surface area (Å²) in [6.07, 6.45) is 1.61. The van der Waals surface area contributed by atoms with Crippen LogP contribution in [0, 0.1) is 0 Å². The van der Waals surface area contributed by atoms with E-state index in [2.05, 4.69) is 10.6 Å². The topological polar surface area (TPSA) is 118 Å². The molecule has 0 aliphatic carbocycles. The van der Waals surface area contributed by atoms with Crippen molar-refractivity contribution in [1.29, 1.82) is 0 Å². The van der Waals surface area contributed by atoms with Crippen LogP contribution in [0.25, 0.3) is 0 Å². The lowest BCUT2D eigenvalue weighted by Crippen LogP contribution is -2.35. The average molecular weight is 366 g/mol. The zero-order chi connectivity index (χ0) is 18.4. The van der Waals surface area contributed by atoms with Crippen molar-refractivity contribution in [3.05, 3.63) is 48.4 Å². The summed E-state index contributed by atoms with van der Waals surface area (Å²) < 4.78 is 28.1. The number of sulfonamides is 1. The Bertz CT molecular complexity index is 803. The highest BCUT2D eigenvalue weighted by molar-refractivity contribution is 7.89. The maximum Gasteiger partial charge on any atom is 0.238 e. The Morgan fingerprint density at radius 3 is 2.64 bits per heavy atom. The van der Waals surface area contributed by atoms with E-state index in [1.165, 1.54) is 18.2 Å². The van der Waals surface area contributed by atoms with Crippen LogP contribution in [-0.2, 0) is 14.8 Å². The molecule has 0 aliphatic heterocycles. The number of hydrogen-bond acceptors (Lipinski definition) is 6. The van der Waals surface area contributed by atoms with E-state index in [1.54, 1.807) is 12.3 Å². The summed E-state index contributed by atoms with van der Waals surface area (Å²) >= 11 is 0. The summed E-state index contributed by atoms with van der Waals surface area (Å²) in [6, 6.07) is 9.49. The van der Waals surface area contributed by atoms with E-state index in [0.717, 1.165) is 5.76 Å². The van der Waals surface area contributed by atoms with Crippen molar-refractivity contribution in [3.63, 3.8) is 0 Å². The molecule has 2 aromatic rings. The van der Waals surface area contributed by atoms with Crippen molar-refractivity contribution in [2.45, 2.75) is 10.9 Å². The molecule has 1 atom stereocenters. The highest BCUT2D eigenvalue weighted by Crippen LogP contribution is 2.17. The van der Waals surface area contributed by atoms with Gasteiger partial charge in [-0.15, -0.1) is 0 Å². The van der Waals surface area contributed by atoms with Gasteiger partial charge in [-0.2, -0.15) is 0 Å². The highest BCUT2D eigenvalue weighted by Gasteiger charge is 2.17. The number of hydrogen-bond donors (Lipinski definition) is 3. The molecule has 0 radical (unpaired) electrons. The maximum atomic E-state index is 12.0. The Kier molecular flexibility index (Phi) is 6.32. The van der Waals surface area contributed by atoms with Gasteiger partial charge < -0.3 is 15.1 Å². The molecule has 0 aliphatic rings. The largest absolute Gasteiger partial charge is 0.468 e. The number of carbonyl (C=O) groups excluding carboxylic acids is 1. The first-order chi connectivity index (χ1) is 11.8. The standard InChI is InChI=1S/C16H22N4O4S/c1-20(2)14(15-7-4-8-24-15)10-18-11-16(21)19-12-5-3-6-13(9-12)25(17,22)23/h3-9,14,18H,10-11H2,1-2H3,(H,19,21)(H2,17,22,23)/t14-/m0/s1. The van der Waals surface area contributed by atoms with Gasteiger partial charge in [0.1, 0.15) is 5.76 Å². The molecular formula is C16H22N4O4S. The number of benzene rings is 1. The van der Waals surface area contributed by atoms with Gasteiger partial charge in [0.2, 0.25) is 15.9 Å². The van der Waals surface area contributed by atoms with Crippen molar-refractivity contribution in [2.75, 3.05) is 32.5 Å². The first kappa shape index (κ1) is 19.1. The number of rotatable bonds is 8. The molecule has 1 amide bonds. The Hall–Kier alpha value is -2.20. The summed E-state index contributed by atoms with van der Waals surface area (Å²) in [4.78, 5) is 14.0. The zero-order valence-electron chi connectivity index (χ0n) is 14.1. The molecule has 0 spiro atoms. The van der Waals surface area contributed by atoms with E-state index in [9.17, 15) is 13.2 Å². The molecule has 0 fully saturated rings. The third-order valence-corrected chi connectivity index (χ3v) is 4.48. The van der Waals surface area contributed by atoms with Crippen LogP contribution in [0.15, 0.2) is 52.0 Å². The number of nitrogens with one attached hydrogen (secondary N) is 2. The quantitative estimate of drug-likeness (QED) is 0.635. The summed E-state index contributed by atoms with van der Waals surface area (Å²) in [7, 11) is 0.0418.